The van der Waals surface area contributed by atoms with Gasteiger partial charge < -0.3 is 15.8 Å². The predicted octanol–water partition coefficient (Wildman–Crippen LogP) is -0.651. The van der Waals surface area contributed by atoms with Crippen LogP contribution in [-0.4, -0.2) is 48.6 Å². The number of hydrogen-bond donors (Lipinski definition) is 2. The van der Waals surface area contributed by atoms with Gasteiger partial charge in [0.1, 0.15) is 6.04 Å². The Labute approximate surface area is 106 Å². The molecule has 98 valence electrons. The molecule has 1 unspecified atom stereocenters. The molecule has 0 aliphatic carbocycles. The molecule has 2 heterocycles. The van der Waals surface area contributed by atoms with Crippen LogP contribution < -0.4 is 15.8 Å². The molecule has 2 rings (SSSR count). The highest BCUT2D eigenvalue weighted by Crippen LogP contribution is 2.18. The Morgan fingerprint density at radius 3 is 3.28 bits per heavy atom. The van der Waals surface area contributed by atoms with E-state index in [1.165, 1.54) is 0 Å². The number of primary amides is 1. The van der Waals surface area contributed by atoms with Crippen molar-refractivity contribution in [3.05, 3.63) is 23.9 Å². The van der Waals surface area contributed by atoms with E-state index < -0.39 is 0 Å². The summed E-state index contributed by atoms with van der Waals surface area (Å²) in [5.41, 5.74) is 6.38. The van der Waals surface area contributed by atoms with E-state index >= 15 is 0 Å². The minimum atomic E-state index is -0.301. The molecule has 0 aromatic carbocycles. The quantitative estimate of drug-likeness (QED) is 0.742. The Kier molecular flexibility index (Phi) is 4.11. The fraction of sp³-hybridized carbons (Fsp3) is 0.500. The number of nitrogens with one attached hydrogen (secondary N) is 1. The topological polar surface area (TPSA) is 80.5 Å². The van der Waals surface area contributed by atoms with Crippen molar-refractivity contribution >= 4 is 5.91 Å². The molecule has 1 saturated heterocycles. The molecule has 3 N–H and O–H groups in total. The molecule has 0 spiro atoms. The molecule has 1 aromatic rings. The number of pyridine rings is 1. The van der Waals surface area contributed by atoms with Crippen LogP contribution in [0.3, 0.4) is 0 Å². The number of amides is 1. The first kappa shape index (κ1) is 12.8. The maximum Gasteiger partial charge on any atom is 0.236 e. The maximum atomic E-state index is 11.4. The van der Waals surface area contributed by atoms with Crippen molar-refractivity contribution in [3.8, 4) is 5.88 Å². The summed E-state index contributed by atoms with van der Waals surface area (Å²) in [6.07, 6.45) is 1.69. The molecule has 1 aromatic heterocycles. The normalized spacial score (nSPS) is 20.6. The van der Waals surface area contributed by atoms with Gasteiger partial charge in [0.2, 0.25) is 11.8 Å². The zero-order valence-corrected chi connectivity index (χ0v) is 10.4. The summed E-state index contributed by atoms with van der Waals surface area (Å²) in [6, 6.07) is 3.54. The summed E-state index contributed by atoms with van der Waals surface area (Å²) < 4.78 is 5.21. The molecule has 1 fully saturated rings. The smallest absolute Gasteiger partial charge is 0.236 e. The highest BCUT2D eigenvalue weighted by molar-refractivity contribution is 5.80. The second-order valence-corrected chi connectivity index (χ2v) is 4.26. The fourth-order valence-corrected chi connectivity index (χ4v) is 2.16. The van der Waals surface area contributed by atoms with E-state index in [9.17, 15) is 4.79 Å². The number of nitrogens with zero attached hydrogens (tertiary/aromatic N) is 2. The van der Waals surface area contributed by atoms with E-state index in [1.54, 1.807) is 13.3 Å². The summed E-state index contributed by atoms with van der Waals surface area (Å²) in [4.78, 5) is 17.6. The highest BCUT2D eigenvalue weighted by Gasteiger charge is 2.27. The zero-order valence-electron chi connectivity index (χ0n) is 10.4. The van der Waals surface area contributed by atoms with Gasteiger partial charge >= 0.3 is 0 Å². The van der Waals surface area contributed by atoms with Gasteiger partial charge in [-0.25, -0.2) is 4.98 Å². The van der Waals surface area contributed by atoms with Crippen LogP contribution in [0.5, 0.6) is 5.88 Å². The average molecular weight is 250 g/mol. The number of carbonyl (C=O) groups is 1. The lowest BCUT2D eigenvalue weighted by Gasteiger charge is -2.34. The SMILES string of the molecule is COc1ncccc1CN1CCNCC1C(N)=O. The van der Waals surface area contributed by atoms with Crippen molar-refractivity contribution in [1.29, 1.82) is 0 Å². The summed E-state index contributed by atoms with van der Waals surface area (Å²) >= 11 is 0. The van der Waals surface area contributed by atoms with Crippen LogP contribution in [0.2, 0.25) is 0 Å². The molecular weight excluding hydrogens is 232 g/mol. The second-order valence-electron chi connectivity index (χ2n) is 4.26. The van der Waals surface area contributed by atoms with Gasteiger partial charge in [0.25, 0.3) is 0 Å². The van der Waals surface area contributed by atoms with Crippen LogP contribution in [0.15, 0.2) is 18.3 Å². The van der Waals surface area contributed by atoms with Crippen molar-refractivity contribution in [1.82, 2.24) is 15.2 Å². The Balaban J connectivity index is 2.13. The van der Waals surface area contributed by atoms with Crippen molar-refractivity contribution < 1.29 is 9.53 Å². The first-order valence-electron chi connectivity index (χ1n) is 5.94. The summed E-state index contributed by atoms with van der Waals surface area (Å²) in [7, 11) is 1.59. The van der Waals surface area contributed by atoms with Crippen LogP contribution in [0.1, 0.15) is 5.56 Å². The van der Waals surface area contributed by atoms with Crippen molar-refractivity contribution in [2.75, 3.05) is 26.7 Å². The number of rotatable bonds is 4. The Hall–Kier alpha value is -1.66. The monoisotopic (exact) mass is 250 g/mol. The van der Waals surface area contributed by atoms with Gasteiger partial charge in [-0.15, -0.1) is 0 Å². The van der Waals surface area contributed by atoms with Gasteiger partial charge in [0, 0.05) is 37.9 Å². The first-order chi connectivity index (χ1) is 8.72. The van der Waals surface area contributed by atoms with E-state index in [0.717, 1.165) is 18.7 Å². The van der Waals surface area contributed by atoms with Gasteiger partial charge in [-0.05, 0) is 6.07 Å². The van der Waals surface area contributed by atoms with Crippen LogP contribution in [0, 0.1) is 0 Å². The molecule has 1 amide bonds. The van der Waals surface area contributed by atoms with Gasteiger partial charge in [-0.3, -0.25) is 9.69 Å². The third-order valence-corrected chi connectivity index (χ3v) is 3.10. The Morgan fingerprint density at radius 2 is 2.56 bits per heavy atom. The second kappa shape index (κ2) is 5.79. The van der Waals surface area contributed by atoms with E-state index in [2.05, 4.69) is 15.2 Å². The van der Waals surface area contributed by atoms with Crippen LogP contribution in [0.4, 0.5) is 0 Å². The standard InChI is InChI=1S/C12H18N4O2/c1-18-12-9(3-2-4-15-12)8-16-6-5-14-7-10(16)11(13)17/h2-4,10,14H,5-8H2,1H3,(H2,13,17). The molecular formula is C12H18N4O2. The summed E-state index contributed by atoms with van der Waals surface area (Å²) in [5.74, 6) is 0.296. The molecule has 1 atom stereocenters. The third-order valence-electron chi connectivity index (χ3n) is 3.10. The molecule has 1 aliphatic rings. The van der Waals surface area contributed by atoms with Crippen LogP contribution >= 0.6 is 0 Å². The third kappa shape index (κ3) is 2.77. The fourth-order valence-electron chi connectivity index (χ4n) is 2.16. The van der Waals surface area contributed by atoms with Gasteiger partial charge in [-0.2, -0.15) is 0 Å². The lowest BCUT2D eigenvalue weighted by Crippen LogP contribution is -2.56. The Bertz CT molecular complexity index is 424. The zero-order chi connectivity index (χ0) is 13.0. The first-order valence-corrected chi connectivity index (χ1v) is 5.94. The summed E-state index contributed by atoms with van der Waals surface area (Å²) in [6.45, 7) is 2.85. The molecule has 18 heavy (non-hydrogen) atoms. The van der Waals surface area contributed by atoms with Crippen molar-refractivity contribution in [2.24, 2.45) is 5.73 Å². The number of carbonyl (C=O) groups excluding carboxylic acids is 1. The van der Waals surface area contributed by atoms with Gasteiger partial charge in [-0.1, -0.05) is 6.07 Å². The van der Waals surface area contributed by atoms with Crippen LogP contribution in [0.25, 0.3) is 0 Å². The number of ether oxygens (including phenoxy) is 1. The largest absolute Gasteiger partial charge is 0.481 e. The van der Waals surface area contributed by atoms with Crippen molar-refractivity contribution in [2.45, 2.75) is 12.6 Å². The average Bonchev–Trinajstić information content (AvgIpc) is 2.40. The molecule has 1 aliphatic heterocycles. The van der Waals surface area contributed by atoms with E-state index in [4.69, 9.17) is 10.5 Å². The lowest BCUT2D eigenvalue weighted by molar-refractivity contribution is -0.124. The number of piperazine rings is 1. The minimum Gasteiger partial charge on any atom is -0.481 e. The number of methoxy groups -OCH3 is 1. The number of hydrogen-bond acceptors (Lipinski definition) is 5. The molecule has 0 radical (unpaired) electrons. The Morgan fingerprint density at radius 1 is 1.72 bits per heavy atom. The number of nitrogens with two attached hydrogens (primary N) is 1. The minimum absolute atomic E-state index is 0.274. The van der Waals surface area contributed by atoms with Crippen molar-refractivity contribution in [3.63, 3.8) is 0 Å². The summed E-state index contributed by atoms with van der Waals surface area (Å²) in [5, 5.41) is 3.17. The predicted molar refractivity (Wildman–Crippen MR) is 67.1 cm³/mol. The highest BCUT2D eigenvalue weighted by atomic mass is 16.5. The molecule has 6 heteroatoms. The molecule has 0 saturated carbocycles. The molecule has 6 nitrogen and oxygen atoms in total. The van der Waals surface area contributed by atoms with E-state index in [0.29, 0.717) is 19.0 Å². The van der Waals surface area contributed by atoms with Gasteiger partial charge in [0.15, 0.2) is 0 Å². The molecule has 0 bridgehead atoms. The number of aromatic nitrogens is 1. The maximum absolute atomic E-state index is 11.4. The lowest BCUT2D eigenvalue weighted by atomic mass is 10.1. The van der Waals surface area contributed by atoms with Gasteiger partial charge in [0.05, 0.1) is 7.11 Å². The van der Waals surface area contributed by atoms with E-state index in [-0.39, 0.29) is 11.9 Å². The van der Waals surface area contributed by atoms with Crippen LogP contribution in [-0.2, 0) is 11.3 Å². The van der Waals surface area contributed by atoms with E-state index in [1.807, 2.05) is 12.1 Å².